The summed E-state index contributed by atoms with van der Waals surface area (Å²) in [5, 5.41) is 26.6. The molecule has 6 N–H and O–H groups in total. The van der Waals surface area contributed by atoms with Crippen molar-refractivity contribution in [2.75, 3.05) is 0 Å². The second-order valence-electron chi connectivity index (χ2n) is 3.37. The highest BCUT2D eigenvalue weighted by atomic mass is 35.7. The van der Waals surface area contributed by atoms with Gasteiger partial charge in [-0.25, -0.2) is 0 Å². The zero-order valence-corrected chi connectivity index (χ0v) is 10.1. The topological polar surface area (TPSA) is 193 Å². The summed E-state index contributed by atoms with van der Waals surface area (Å²) in [6.45, 7) is 0. The minimum absolute atomic E-state index is 0.114. The van der Waals surface area contributed by atoms with E-state index in [9.17, 15) is 4.79 Å². The van der Waals surface area contributed by atoms with Crippen molar-refractivity contribution in [1.29, 1.82) is 0 Å². The highest BCUT2D eigenvalue weighted by Crippen LogP contribution is 2.25. The van der Waals surface area contributed by atoms with E-state index in [4.69, 9.17) is 39.7 Å². The van der Waals surface area contributed by atoms with E-state index >= 15 is 0 Å². The number of halogens is 1. The van der Waals surface area contributed by atoms with Crippen molar-refractivity contribution in [3.8, 4) is 11.5 Å². The lowest BCUT2D eigenvalue weighted by molar-refractivity contribution is -1.92. The number of aliphatic carboxylic acids is 1. The number of phenols is 2. The smallest absolute Gasteiger partial charge is 0.320 e. The summed E-state index contributed by atoms with van der Waals surface area (Å²) >= 11 is 0. The molecule has 0 amide bonds. The molecule has 1 atom stereocenters. The maximum atomic E-state index is 10.4. The van der Waals surface area contributed by atoms with Crippen LogP contribution in [0.4, 0.5) is 0 Å². The largest absolute Gasteiger partial charge is 0.504 e. The number of carboxylic acid groups (broad SMARTS) is 1. The standard InChI is InChI=1S/C9H11NO4.ClHO4/c10-6(9(13)14)3-5-1-2-7(11)8(12)4-5;2-1(3,4)5/h1-2,4,6,11-12H,3,10H2,(H,13,14);(H,2,3,4,5)/t6-;/m0./s1. The summed E-state index contributed by atoms with van der Waals surface area (Å²) in [6, 6.07) is 3.09. The van der Waals surface area contributed by atoms with Gasteiger partial charge in [0.2, 0.25) is 0 Å². The Bertz CT molecular complexity index is 427. The fourth-order valence-corrected chi connectivity index (χ4v) is 1.04. The van der Waals surface area contributed by atoms with Crippen LogP contribution in [0.2, 0.25) is 0 Å². The Kier molecular flexibility index (Phi) is 6.48. The number of rotatable bonds is 3. The molecule has 0 aliphatic rings. The zero-order chi connectivity index (χ0) is 15.2. The molecule has 0 unspecified atom stereocenters. The Morgan fingerprint density at radius 3 is 2.11 bits per heavy atom. The van der Waals surface area contributed by atoms with Gasteiger partial charge in [-0.3, -0.25) is 4.79 Å². The molecule has 0 radical (unpaired) electrons. The number of hydrogen-bond acceptors (Lipinski definition) is 8. The van der Waals surface area contributed by atoms with E-state index in [0.29, 0.717) is 5.56 Å². The van der Waals surface area contributed by atoms with Gasteiger partial charge in [0.15, 0.2) is 11.5 Å². The predicted molar refractivity (Wildman–Crippen MR) is 51.3 cm³/mol. The van der Waals surface area contributed by atoms with Crippen LogP contribution in [0.15, 0.2) is 18.2 Å². The summed E-state index contributed by atoms with van der Waals surface area (Å²) in [7, 11) is -4.69. The molecule has 0 fully saturated rings. The van der Waals surface area contributed by atoms with E-state index in [2.05, 4.69) is 0 Å². The van der Waals surface area contributed by atoms with Crippen LogP contribution in [-0.4, -0.2) is 32.0 Å². The number of benzene rings is 1. The molecule has 0 bridgehead atoms. The Morgan fingerprint density at radius 2 is 1.74 bits per heavy atom. The molecule has 1 aromatic rings. The quantitative estimate of drug-likeness (QED) is 0.345. The van der Waals surface area contributed by atoms with E-state index in [1.165, 1.54) is 18.2 Å². The summed E-state index contributed by atoms with van der Waals surface area (Å²) < 4.78 is 32.7. The first-order valence-electron chi connectivity index (χ1n) is 4.63. The second-order valence-corrected chi connectivity index (χ2v) is 4.16. The van der Waals surface area contributed by atoms with Gasteiger partial charge in [-0.2, -0.15) is 14.0 Å². The molecule has 1 aromatic carbocycles. The molecule has 0 aliphatic carbocycles. The van der Waals surface area contributed by atoms with Crippen LogP contribution < -0.4 is 19.7 Å². The minimum atomic E-state index is -4.69. The van der Waals surface area contributed by atoms with Crippen LogP contribution in [-0.2, 0) is 11.2 Å². The highest BCUT2D eigenvalue weighted by molar-refractivity contribution is 5.73. The lowest BCUT2D eigenvalue weighted by Crippen LogP contribution is -2.58. The van der Waals surface area contributed by atoms with E-state index in [1.54, 1.807) is 0 Å². The van der Waals surface area contributed by atoms with Gasteiger partial charge in [0.1, 0.15) is 6.04 Å². The minimum Gasteiger partial charge on any atom is -0.504 e. The van der Waals surface area contributed by atoms with Crippen molar-refractivity contribution in [3.05, 3.63) is 23.8 Å². The Morgan fingerprint density at radius 1 is 1.26 bits per heavy atom. The van der Waals surface area contributed by atoms with Gasteiger partial charge in [-0.05, 0) is 24.1 Å². The van der Waals surface area contributed by atoms with Gasteiger partial charge >= 0.3 is 5.97 Å². The molecule has 0 saturated carbocycles. The number of hydrogen-bond donors (Lipinski definition) is 5. The fourth-order valence-electron chi connectivity index (χ4n) is 1.04. The van der Waals surface area contributed by atoms with Gasteiger partial charge in [0.25, 0.3) is 0 Å². The predicted octanol–water partition coefficient (Wildman–Crippen LogP) is -4.07. The van der Waals surface area contributed by atoms with Gasteiger partial charge < -0.3 is 21.1 Å². The van der Waals surface area contributed by atoms with Crippen LogP contribution in [0, 0.1) is 10.2 Å². The third-order valence-corrected chi connectivity index (χ3v) is 1.81. The van der Waals surface area contributed by atoms with Crippen LogP contribution in [0.25, 0.3) is 0 Å². The number of nitrogens with two attached hydrogens (primary N) is 1. The normalized spacial score (nSPS) is 12.3. The average Bonchev–Trinajstić information content (AvgIpc) is 2.21. The molecule has 108 valence electrons. The summed E-state index contributed by atoms with van der Waals surface area (Å²) in [6.07, 6.45) is 0.114. The zero-order valence-electron chi connectivity index (χ0n) is 9.39. The molecular weight excluding hydrogens is 286 g/mol. The number of carboxylic acids is 1. The molecular formula is C9H12ClNO8. The Hall–Kier alpha value is -1.62. The van der Waals surface area contributed by atoms with Crippen molar-refractivity contribution in [3.63, 3.8) is 0 Å². The monoisotopic (exact) mass is 297 g/mol. The van der Waals surface area contributed by atoms with Gasteiger partial charge in [0, 0.05) is 0 Å². The van der Waals surface area contributed by atoms with E-state index < -0.39 is 22.3 Å². The second kappa shape index (κ2) is 7.09. The van der Waals surface area contributed by atoms with E-state index in [-0.39, 0.29) is 17.9 Å². The van der Waals surface area contributed by atoms with Gasteiger partial charge in [-0.15, -0.1) is 0 Å². The molecule has 0 heterocycles. The van der Waals surface area contributed by atoms with Gasteiger partial charge in [0.05, 0.1) is 14.9 Å². The number of phenolic OH excluding ortho intramolecular Hbond substituents is 2. The van der Waals surface area contributed by atoms with Gasteiger partial charge in [-0.1, -0.05) is 6.07 Å². The van der Waals surface area contributed by atoms with Crippen LogP contribution in [0.1, 0.15) is 5.56 Å². The van der Waals surface area contributed by atoms with Crippen molar-refractivity contribution < 1.29 is 49.0 Å². The molecule has 0 aromatic heterocycles. The van der Waals surface area contributed by atoms with Crippen molar-refractivity contribution >= 4 is 5.97 Å². The molecule has 0 spiro atoms. The highest BCUT2D eigenvalue weighted by Gasteiger charge is 2.12. The molecule has 0 aliphatic heterocycles. The Labute approximate surface area is 109 Å². The lowest BCUT2D eigenvalue weighted by atomic mass is 10.1. The first-order valence-corrected chi connectivity index (χ1v) is 5.89. The van der Waals surface area contributed by atoms with Crippen LogP contribution >= 0.6 is 0 Å². The summed E-state index contributed by atoms with van der Waals surface area (Å²) in [4.78, 5) is 10.4. The number of carbonyl (C=O) groups is 1. The molecule has 10 heteroatoms. The summed E-state index contributed by atoms with van der Waals surface area (Å²) in [5.74, 6) is -1.62. The maximum absolute atomic E-state index is 10.4. The van der Waals surface area contributed by atoms with Crippen molar-refractivity contribution in [2.45, 2.75) is 12.5 Å². The summed E-state index contributed by atoms with van der Waals surface area (Å²) in [5.41, 5.74) is 5.86. The SMILES string of the molecule is N[C@@H](Cc1ccc(O)c(O)c1)C(=O)O.[O-][Cl+3]([O-])([O-])O. The first kappa shape index (κ1) is 17.4. The number of aromatic hydroxyl groups is 2. The van der Waals surface area contributed by atoms with Crippen molar-refractivity contribution in [1.82, 2.24) is 0 Å². The third kappa shape index (κ3) is 9.02. The maximum Gasteiger partial charge on any atom is 0.320 e. The Balaban J connectivity index is 0.000000555. The molecule has 19 heavy (non-hydrogen) atoms. The van der Waals surface area contributed by atoms with Crippen molar-refractivity contribution in [2.24, 2.45) is 5.73 Å². The van der Waals surface area contributed by atoms with Crippen LogP contribution in [0.3, 0.4) is 0 Å². The van der Waals surface area contributed by atoms with E-state index in [0.717, 1.165) is 0 Å². The molecule has 0 saturated heterocycles. The molecule has 9 nitrogen and oxygen atoms in total. The molecule has 1 rings (SSSR count). The average molecular weight is 298 g/mol. The third-order valence-electron chi connectivity index (χ3n) is 1.81. The first-order chi connectivity index (χ1) is 8.50. The van der Waals surface area contributed by atoms with E-state index in [1.807, 2.05) is 0 Å². The fraction of sp³-hybridized carbons (Fsp3) is 0.222. The lowest BCUT2D eigenvalue weighted by Gasteiger charge is -2.06. The van der Waals surface area contributed by atoms with Crippen LogP contribution in [0.5, 0.6) is 11.5 Å².